The smallest absolute Gasteiger partial charge is 0.0575 e. The monoisotopic (exact) mass is 288 g/mol. The Morgan fingerprint density at radius 3 is 2.33 bits per heavy atom. The van der Waals surface area contributed by atoms with E-state index in [4.69, 9.17) is 4.74 Å². The van der Waals surface area contributed by atoms with Crippen LogP contribution in [0.5, 0.6) is 0 Å². The molecule has 0 saturated carbocycles. The molecule has 1 heterocycles. The molecule has 0 N–H and O–H groups in total. The van der Waals surface area contributed by atoms with Crippen molar-refractivity contribution < 1.29 is 4.74 Å². The number of benzene rings is 1. The Balaban J connectivity index is 1.67. The van der Waals surface area contributed by atoms with E-state index >= 15 is 0 Å². The molecule has 1 aromatic carbocycles. The zero-order valence-electron chi connectivity index (χ0n) is 13.9. The molecular formula is C20H32O. The largest absolute Gasteiger partial charge is 0.378 e. The van der Waals surface area contributed by atoms with Crippen LogP contribution >= 0.6 is 0 Å². The van der Waals surface area contributed by atoms with Crippen LogP contribution in [0.4, 0.5) is 0 Å². The second-order valence-electron chi connectivity index (χ2n) is 6.53. The van der Waals surface area contributed by atoms with Crippen molar-refractivity contribution in [3.05, 3.63) is 35.4 Å². The Morgan fingerprint density at radius 2 is 1.71 bits per heavy atom. The topological polar surface area (TPSA) is 9.23 Å². The summed E-state index contributed by atoms with van der Waals surface area (Å²) in [5, 5.41) is 0. The highest BCUT2D eigenvalue weighted by atomic mass is 16.5. The fraction of sp³-hybridized carbons (Fsp3) is 0.700. The summed E-state index contributed by atoms with van der Waals surface area (Å²) < 4.78 is 6.11. The molecule has 0 radical (unpaired) electrons. The Morgan fingerprint density at radius 1 is 0.952 bits per heavy atom. The summed E-state index contributed by atoms with van der Waals surface area (Å²) in [6.07, 6.45) is 12.3. The Hall–Kier alpha value is -0.820. The van der Waals surface area contributed by atoms with Crippen molar-refractivity contribution in [2.75, 3.05) is 6.61 Å². The molecule has 1 aromatic rings. The van der Waals surface area contributed by atoms with Crippen LogP contribution in [0, 0.1) is 0 Å². The number of hydrogen-bond donors (Lipinski definition) is 0. The maximum Gasteiger partial charge on any atom is 0.0575 e. The van der Waals surface area contributed by atoms with Crippen molar-refractivity contribution >= 4 is 0 Å². The van der Waals surface area contributed by atoms with Gasteiger partial charge in [-0.3, -0.25) is 0 Å². The molecule has 0 aromatic heterocycles. The van der Waals surface area contributed by atoms with Gasteiger partial charge in [-0.1, -0.05) is 70.2 Å². The van der Waals surface area contributed by atoms with Gasteiger partial charge in [0.15, 0.2) is 0 Å². The molecule has 2 unspecified atom stereocenters. The Kier molecular flexibility index (Phi) is 7.29. The SMILES string of the molecule is CCCCCCCC1CCC(c2ccc(CC)cc2)CO1. The quantitative estimate of drug-likeness (QED) is 0.543. The summed E-state index contributed by atoms with van der Waals surface area (Å²) in [4.78, 5) is 0. The van der Waals surface area contributed by atoms with Crippen molar-refractivity contribution in [3.8, 4) is 0 Å². The van der Waals surface area contributed by atoms with E-state index in [-0.39, 0.29) is 0 Å². The molecule has 1 heteroatoms. The molecule has 2 atom stereocenters. The van der Waals surface area contributed by atoms with Crippen molar-refractivity contribution in [3.63, 3.8) is 0 Å². The molecular weight excluding hydrogens is 256 g/mol. The zero-order valence-corrected chi connectivity index (χ0v) is 13.9. The lowest BCUT2D eigenvalue weighted by Crippen LogP contribution is -2.24. The van der Waals surface area contributed by atoms with Gasteiger partial charge in [0.25, 0.3) is 0 Å². The van der Waals surface area contributed by atoms with Crippen LogP contribution in [-0.4, -0.2) is 12.7 Å². The van der Waals surface area contributed by atoms with Crippen LogP contribution in [0.25, 0.3) is 0 Å². The van der Waals surface area contributed by atoms with E-state index in [0.29, 0.717) is 12.0 Å². The van der Waals surface area contributed by atoms with E-state index in [2.05, 4.69) is 38.1 Å². The predicted molar refractivity (Wildman–Crippen MR) is 90.9 cm³/mol. The molecule has 2 rings (SSSR count). The number of aryl methyl sites for hydroxylation is 1. The fourth-order valence-electron chi connectivity index (χ4n) is 3.30. The number of hydrogen-bond acceptors (Lipinski definition) is 1. The van der Waals surface area contributed by atoms with Crippen LogP contribution in [0.15, 0.2) is 24.3 Å². The van der Waals surface area contributed by atoms with Gasteiger partial charge in [0.1, 0.15) is 0 Å². The highest BCUT2D eigenvalue weighted by Crippen LogP contribution is 2.30. The third-order valence-electron chi connectivity index (χ3n) is 4.86. The van der Waals surface area contributed by atoms with Crippen LogP contribution < -0.4 is 0 Å². The molecule has 1 aliphatic rings. The van der Waals surface area contributed by atoms with Gasteiger partial charge in [-0.2, -0.15) is 0 Å². The summed E-state index contributed by atoms with van der Waals surface area (Å²) >= 11 is 0. The van der Waals surface area contributed by atoms with E-state index < -0.39 is 0 Å². The van der Waals surface area contributed by atoms with Crippen LogP contribution in [0.2, 0.25) is 0 Å². The fourth-order valence-corrected chi connectivity index (χ4v) is 3.30. The van der Waals surface area contributed by atoms with Crippen LogP contribution in [0.1, 0.15) is 82.3 Å². The minimum atomic E-state index is 0.526. The number of rotatable bonds is 8. The molecule has 1 aliphatic heterocycles. The summed E-state index contributed by atoms with van der Waals surface area (Å²) in [6.45, 7) is 5.41. The maximum atomic E-state index is 6.11. The van der Waals surface area contributed by atoms with Gasteiger partial charge in [-0.15, -0.1) is 0 Å². The van der Waals surface area contributed by atoms with E-state index in [9.17, 15) is 0 Å². The van der Waals surface area contributed by atoms with Gasteiger partial charge in [0.05, 0.1) is 12.7 Å². The number of unbranched alkanes of at least 4 members (excludes halogenated alkanes) is 4. The van der Waals surface area contributed by atoms with Gasteiger partial charge in [0.2, 0.25) is 0 Å². The first-order chi connectivity index (χ1) is 10.3. The summed E-state index contributed by atoms with van der Waals surface area (Å²) in [6, 6.07) is 9.15. The standard InChI is InChI=1S/C20H32O/c1-3-5-6-7-8-9-20-15-14-19(16-21-20)18-12-10-17(4-2)11-13-18/h10-13,19-20H,3-9,14-16H2,1-2H3. The Labute approximate surface area is 131 Å². The van der Waals surface area contributed by atoms with Gasteiger partial charge >= 0.3 is 0 Å². The van der Waals surface area contributed by atoms with E-state index in [0.717, 1.165) is 13.0 Å². The van der Waals surface area contributed by atoms with Crippen molar-refractivity contribution in [2.24, 2.45) is 0 Å². The molecule has 21 heavy (non-hydrogen) atoms. The van der Waals surface area contributed by atoms with E-state index in [1.807, 2.05) is 0 Å². The second kappa shape index (κ2) is 9.25. The lowest BCUT2D eigenvalue weighted by atomic mass is 9.89. The second-order valence-corrected chi connectivity index (χ2v) is 6.53. The van der Waals surface area contributed by atoms with Crippen molar-refractivity contribution in [1.82, 2.24) is 0 Å². The predicted octanol–water partition coefficient (Wildman–Crippen LogP) is 5.87. The normalized spacial score (nSPS) is 22.4. The average molecular weight is 288 g/mol. The first-order valence-corrected chi connectivity index (χ1v) is 9.04. The molecule has 1 nitrogen and oxygen atoms in total. The first-order valence-electron chi connectivity index (χ1n) is 9.04. The van der Waals surface area contributed by atoms with Gasteiger partial charge in [0, 0.05) is 5.92 Å². The van der Waals surface area contributed by atoms with E-state index in [1.54, 1.807) is 0 Å². The highest BCUT2D eigenvalue weighted by Gasteiger charge is 2.22. The Bertz CT molecular complexity index is 373. The molecule has 0 bridgehead atoms. The highest BCUT2D eigenvalue weighted by molar-refractivity contribution is 5.25. The van der Waals surface area contributed by atoms with Crippen molar-refractivity contribution in [2.45, 2.75) is 83.7 Å². The minimum absolute atomic E-state index is 0.526. The third kappa shape index (κ3) is 5.47. The van der Waals surface area contributed by atoms with Crippen LogP contribution in [-0.2, 0) is 11.2 Å². The molecule has 1 fully saturated rings. The summed E-state index contributed by atoms with van der Waals surface area (Å²) in [7, 11) is 0. The molecule has 1 saturated heterocycles. The lowest BCUT2D eigenvalue weighted by molar-refractivity contribution is -0.00213. The first kappa shape index (κ1) is 16.5. The molecule has 118 valence electrons. The molecule has 0 aliphatic carbocycles. The van der Waals surface area contributed by atoms with Gasteiger partial charge in [-0.05, 0) is 36.8 Å². The number of ether oxygens (including phenoxy) is 1. The zero-order chi connectivity index (χ0) is 14.9. The van der Waals surface area contributed by atoms with E-state index in [1.165, 1.54) is 62.5 Å². The minimum Gasteiger partial charge on any atom is -0.378 e. The summed E-state index contributed by atoms with van der Waals surface area (Å²) in [5.41, 5.74) is 2.90. The van der Waals surface area contributed by atoms with Gasteiger partial charge < -0.3 is 4.74 Å². The van der Waals surface area contributed by atoms with Crippen molar-refractivity contribution in [1.29, 1.82) is 0 Å². The average Bonchev–Trinajstić information content (AvgIpc) is 2.55. The summed E-state index contributed by atoms with van der Waals surface area (Å²) in [5.74, 6) is 0.618. The third-order valence-corrected chi connectivity index (χ3v) is 4.86. The lowest BCUT2D eigenvalue weighted by Gasteiger charge is -2.29. The maximum absolute atomic E-state index is 6.11. The molecule has 0 amide bonds. The van der Waals surface area contributed by atoms with Crippen LogP contribution in [0.3, 0.4) is 0 Å². The van der Waals surface area contributed by atoms with Gasteiger partial charge in [-0.25, -0.2) is 0 Å². The molecule has 0 spiro atoms.